The highest BCUT2D eigenvalue weighted by atomic mass is 32.1. The Labute approximate surface area is 178 Å². The van der Waals surface area contributed by atoms with Crippen LogP contribution in [0.25, 0.3) is 10.8 Å². The molecule has 1 aliphatic heterocycles. The maximum absolute atomic E-state index is 13.3. The zero-order chi connectivity index (χ0) is 22.4. The molecule has 0 aliphatic carbocycles. The molecule has 0 saturated heterocycles. The van der Waals surface area contributed by atoms with Crippen molar-refractivity contribution in [2.45, 2.75) is 24.9 Å². The highest BCUT2D eigenvalue weighted by Gasteiger charge is 2.39. The van der Waals surface area contributed by atoms with Crippen molar-refractivity contribution < 1.29 is 26.3 Å². The van der Waals surface area contributed by atoms with Crippen molar-refractivity contribution in [3.05, 3.63) is 77.4 Å². The lowest BCUT2D eigenvalue weighted by Gasteiger charge is -2.25. The first kappa shape index (κ1) is 21.2. The zero-order valence-corrected chi connectivity index (χ0v) is 16.4. The molecule has 0 bridgehead atoms. The monoisotopic (exact) mass is 453 g/mol. The van der Waals surface area contributed by atoms with Gasteiger partial charge in [0.05, 0.1) is 11.1 Å². The van der Waals surface area contributed by atoms with Crippen molar-refractivity contribution in [3.63, 3.8) is 0 Å². The minimum atomic E-state index is -4.96. The first-order valence-electron chi connectivity index (χ1n) is 9.04. The van der Waals surface area contributed by atoms with Gasteiger partial charge in [-0.25, -0.2) is 0 Å². The third kappa shape index (κ3) is 4.25. The number of hydrogen-bond acceptors (Lipinski definition) is 2. The Morgan fingerprint density at radius 3 is 2.10 bits per heavy atom. The summed E-state index contributed by atoms with van der Waals surface area (Å²) in [7, 11) is 0. The molecule has 3 aromatic rings. The van der Waals surface area contributed by atoms with Crippen molar-refractivity contribution in [1.82, 2.24) is 0 Å². The second-order valence-electron chi connectivity index (χ2n) is 6.96. The Morgan fingerprint density at radius 2 is 1.45 bits per heavy atom. The van der Waals surface area contributed by atoms with Crippen LogP contribution in [0.1, 0.15) is 16.7 Å². The Kier molecular flexibility index (Phi) is 5.20. The van der Waals surface area contributed by atoms with Crippen LogP contribution in [0.2, 0.25) is 0 Å². The fraction of sp³-hybridized carbons (Fsp3) is 0.190. The lowest BCUT2D eigenvalue weighted by atomic mass is 10.0. The van der Waals surface area contributed by atoms with E-state index >= 15 is 0 Å². The smallest absolute Gasteiger partial charge is 0.291 e. The van der Waals surface area contributed by atoms with Crippen molar-refractivity contribution in [2.75, 3.05) is 4.90 Å². The van der Waals surface area contributed by atoms with Gasteiger partial charge in [0.25, 0.3) is 0 Å². The quantitative estimate of drug-likeness (QED) is 0.315. The topological polar surface area (TPSA) is 28.0 Å². The molecule has 0 N–H and O–H groups in total. The molecule has 1 heterocycles. The summed E-state index contributed by atoms with van der Waals surface area (Å²) in [4.78, 5) is 1.13. The van der Waals surface area contributed by atoms with E-state index in [1.165, 1.54) is 0 Å². The van der Waals surface area contributed by atoms with Gasteiger partial charge in [0.2, 0.25) is 5.11 Å². The van der Waals surface area contributed by atoms with Gasteiger partial charge in [-0.15, -0.1) is 5.11 Å². The first-order chi connectivity index (χ1) is 14.5. The summed E-state index contributed by atoms with van der Waals surface area (Å²) >= 11 is 5.09. The average molecular weight is 453 g/mol. The Bertz CT molecular complexity index is 1150. The van der Waals surface area contributed by atoms with Gasteiger partial charge in [0.1, 0.15) is 0 Å². The van der Waals surface area contributed by atoms with Crippen LogP contribution < -0.4 is 4.90 Å². The standard InChI is InChI=1S/C21H13F6N3S/c22-20(23,24)14-9-15(21(25,26)27)11-16(10-14)30-18(28-29-19(30)31)8-13-6-3-5-12-4-1-2-7-17(12)13/h1-7,9-11,18H,8H2. The molecule has 3 aromatic carbocycles. The number of halogens is 6. The van der Waals surface area contributed by atoms with Crippen LogP contribution in [0.4, 0.5) is 32.0 Å². The van der Waals surface area contributed by atoms with E-state index in [1.807, 2.05) is 42.5 Å². The van der Waals surface area contributed by atoms with Crippen LogP contribution >= 0.6 is 12.2 Å². The van der Waals surface area contributed by atoms with Gasteiger partial charge < -0.3 is 0 Å². The minimum absolute atomic E-state index is 0.0800. The van der Waals surface area contributed by atoms with E-state index in [-0.39, 0.29) is 23.3 Å². The van der Waals surface area contributed by atoms with Gasteiger partial charge in [-0.2, -0.15) is 31.5 Å². The molecule has 0 aromatic heterocycles. The number of azo groups is 1. The van der Waals surface area contributed by atoms with Crippen LogP contribution in [0.5, 0.6) is 0 Å². The highest BCUT2D eigenvalue weighted by molar-refractivity contribution is 7.80. The summed E-state index contributed by atoms with van der Waals surface area (Å²) in [6.07, 6.45) is -10.6. The second-order valence-corrected chi connectivity index (χ2v) is 7.32. The van der Waals surface area contributed by atoms with E-state index in [4.69, 9.17) is 12.2 Å². The summed E-state index contributed by atoms with van der Waals surface area (Å²) in [5.41, 5.74) is -2.38. The summed E-state index contributed by atoms with van der Waals surface area (Å²) in [6.45, 7) is 0. The average Bonchev–Trinajstić information content (AvgIpc) is 3.06. The van der Waals surface area contributed by atoms with Crippen LogP contribution in [-0.4, -0.2) is 11.3 Å². The van der Waals surface area contributed by atoms with E-state index < -0.39 is 29.6 Å². The first-order valence-corrected chi connectivity index (χ1v) is 9.45. The molecular weight excluding hydrogens is 440 g/mol. The van der Waals surface area contributed by atoms with Crippen molar-refractivity contribution in [1.29, 1.82) is 0 Å². The molecule has 3 nitrogen and oxygen atoms in total. The number of hydrogen-bond donors (Lipinski definition) is 0. The van der Waals surface area contributed by atoms with Crippen LogP contribution in [0, 0.1) is 0 Å². The lowest BCUT2D eigenvalue weighted by Crippen LogP contribution is -2.35. The Morgan fingerprint density at radius 1 is 0.839 bits per heavy atom. The maximum Gasteiger partial charge on any atom is 0.416 e. The molecule has 1 aliphatic rings. The maximum atomic E-state index is 13.3. The number of alkyl halides is 6. The van der Waals surface area contributed by atoms with Gasteiger partial charge in [-0.1, -0.05) is 42.5 Å². The summed E-state index contributed by atoms with van der Waals surface area (Å²) in [6, 6.07) is 14.4. The van der Waals surface area contributed by atoms with Gasteiger partial charge in [-0.3, -0.25) is 4.90 Å². The molecule has 0 spiro atoms. The van der Waals surface area contributed by atoms with Crippen molar-refractivity contribution >= 4 is 33.8 Å². The number of fused-ring (bicyclic) bond motifs is 1. The fourth-order valence-electron chi connectivity index (χ4n) is 3.50. The van der Waals surface area contributed by atoms with Crippen molar-refractivity contribution in [3.8, 4) is 0 Å². The molecule has 160 valence electrons. The van der Waals surface area contributed by atoms with Gasteiger partial charge in [0, 0.05) is 12.1 Å². The Balaban J connectivity index is 1.77. The fourth-order valence-corrected chi connectivity index (χ4v) is 3.78. The zero-order valence-electron chi connectivity index (χ0n) is 15.6. The van der Waals surface area contributed by atoms with Gasteiger partial charge in [0.15, 0.2) is 6.17 Å². The normalized spacial score (nSPS) is 17.0. The van der Waals surface area contributed by atoms with Crippen LogP contribution in [0.3, 0.4) is 0 Å². The molecule has 1 atom stereocenters. The number of thiocarbonyl (C=S) groups is 1. The lowest BCUT2D eigenvalue weighted by molar-refractivity contribution is -0.143. The predicted molar refractivity (Wildman–Crippen MR) is 108 cm³/mol. The van der Waals surface area contributed by atoms with Crippen molar-refractivity contribution in [2.24, 2.45) is 10.2 Å². The summed E-state index contributed by atoms with van der Waals surface area (Å²) in [5.74, 6) is 0. The predicted octanol–water partition coefficient (Wildman–Crippen LogP) is 7.00. The molecule has 1 unspecified atom stereocenters. The van der Waals surface area contributed by atoms with Gasteiger partial charge in [-0.05, 0) is 46.8 Å². The second kappa shape index (κ2) is 7.60. The molecule has 4 rings (SSSR count). The number of benzene rings is 3. The van der Waals surface area contributed by atoms with E-state index in [9.17, 15) is 26.3 Å². The minimum Gasteiger partial charge on any atom is -0.291 e. The SMILES string of the molecule is FC(F)(F)c1cc(N2C(=S)N=NC2Cc2cccc3ccccc23)cc(C(F)(F)F)c1. The molecule has 0 amide bonds. The molecule has 0 radical (unpaired) electrons. The third-order valence-corrected chi connectivity index (χ3v) is 5.19. The van der Waals surface area contributed by atoms with E-state index in [1.54, 1.807) is 0 Å². The molecule has 31 heavy (non-hydrogen) atoms. The van der Waals surface area contributed by atoms with E-state index in [0.717, 1.165) is 21.2 Å². The Hall–Kier alpha value is -3.01. The molecular formula is C21H13F6N3S. The summed E-state index contributed by atoms with van der Waals surface area (Å²) < 4.78 is 79.6. The molecule has 10 heteroatoms. The molecule has 0 fully saturated rings. The highest BCUT2D eigenvalue weighted by Crippen LogP contribution is 2.40. The van der Waals surface area contributed by atoms with E-state index in [2.05, 4.69) is 10.2 Å². The number of rotatable bonds is 3. The summed E-state index contributed by atoms with van der Waals surface area (Å²) in [5, 5.41) is 9.41. The van der Waals surface area contributed by atoms with Crippen LogP contribution in [0.15, 0.2) is 70.9 Å². The third-order valence-electron chi connectivity index (χ3n) is 4.91. The largest absolute Gasteiger partial charge is 0.416 e. The van der Waals surface area contributed by atoms with Gasteiger partial charge >= 0.3 is 12.4 Å². The number of anilines is 1. The number of nitrogens with zero attached hydrogens (tertiary/aromatic N) is 3. The molecule has 0 saturated carbocycles. The van der Waals surface area contributed by atoms with E-state index in [0.29, 0.717) is 12.1 Å². The van der Waals surface area contributed by atoms with Crippen LogP contribution in [-0.2, 0) is 18.8 Å².